The highest BCUT2D eigenvalue weighted by atomic mass is 35.5. The molecule has 1 aliphatic heterocycles. The second-order valence-electron chi connectivity index (χ2n) is 7.76. The minimum atomic E-state index is -0.836. The first-order valence-electron chi connectivity index (χ1n) is 9.71. The molecular weight excluding hydrogens is 360 g/mol. The fourth-order valence-corrected chi connectivity index (χ4v) is 4.95. The molecule has 1 aliphatic carbocycles. The van der Waals surface area contributed by atoms with E-state index in [1.165, 1.54) is 11.1 Å². The van der Waals surface area contributed by atoms with Crippen molar-refractivity contribution in [2.24, 2.45) is 5.73 Å². The molecule has 0 aromatic heterocycles. The van der Waals surface area contributed by atoms with Crippen LogP contribution in [-0.4, -0.2) is 35.6 Å². The molecule has 1 unspecified atom stereocenters. The van der Waals surface area contributed by atoms with Crippen molar-refractivity contribution in [1.29, 1.82) is 0 Å². The number of hydrogen-bond donors (Lipinski definition) is 2. The van der Waals surface area contributed by atoms with E-state index in [-0.39, 0.29) is 17.5 Å². The number of rotatable bonds is 4. The Morgan fingerprint density at radius 3 is 2.52 bits per heavy atom. The molecule has 0 bridgehead atoms. The monoisotopic (exact) mass is 386 g/mol. The lowest BCUT2D eigenvalue weighted by Crippen LogP contribution is -2.48. The van der Waals surface area contributed by atoms with Gasteiger partial charge in [0.15, 0.2) is 0 Å². The Morgan fingerprint density at radius 2 is 1.85 bits per heavy atom. The smallest absolute Gasteiger partial charge is 0.217 e. The van der Waals surface area contributed by atoms with Crippen LogP contribution < -0.4 is 5.73 Å². The molecular formula is C22H27ClN2O2. The van der Waals surface area contributed by atoms with Gasteiger partial charge in [-0.3, -0.25) is 0 Å². The lowest BCUT2D eigenvalue weighted by atomic mass is 9.68. The van der Waals surface area contributed by atoms with Crippen LogP contribution in [0, 0.1) is 0 Å². The summed E-state index contributed by atoms with van der Waals surface area (Å²) in [6.45, 7) is 1.14. The SMILES string of the molecule is NCC1(c2cccc(Cl)c2)CCC(N2C(O)OC[C@H]2c2ccccc2)CC1. The Balaban J connectivity index is 1.52. The van der Waals surface area contributed by atoms with Gasteiger partial charge in [-0.2, -0.15) is 0 Å². The Bertz CT molecular complexity index is 762. The fraction of sp³-hybridized carbons (Fsp3) is 0.455. The highest BCUT2D eigenvalue weighted by Crippen LogP contribution is 2.44. The van der Waals surface area contributed by atoms with E-state index >= 15 is 0 Å². The molecule has 144 valence electrons. The average molecular weight is 387 g/mol. The minimum absolute atomic E-state index is 0.0326. The number of nitrogens with two attached hydrogens (primary N) is 1. The molecule has 0 amide bonds. The lowest BCUT2D eigenvalue weighted by Gasteiger charge is -2.44. The number of aliphatic hydroxyl groups is 1. The van der Waals surface area contributed by atoms with Crippen LogP contribution in [0.2, 0.25) is 5.02 Å². The topological polar surface area (TPSA) is 58.7 Å². The van der Waals surface area contributed by atoms with Gasteiger partial charge in [-0.1, -0.05) is 54.1 Å². The Morgan fingerprint density at radius 1 is 1.11 bits per heavy atom. The van der Waals surface area contributed by atoms with E-state index in [0.717, 1.165) is 30.7 Å². The van der Waals surface area contributed by atoms with Gasteiger partial charge in [0.2, 0.25) is 6.41 Å². The molecule has 0 spiro atoms. The van der Waals surface area contributed by atoms with Crippen LogP contribution in [0.4, 0.5) is 0 Å². The molecule has 2 aromatic rings. The molecule has 1 saturated carbocycles. The zero-order valence-corrected chi connectivity index (χ0v) is 16.2. The number of ether oxygens (including phenoxy) is 1. The van der Waals surface area contributed by atoms with Crippen LogP contribution >= 0.6 is 11.6 Å². The summed E-state index contributed by atoms with van der Waals surface area (Å²) in [5, 5.41) is 11.2. The molecule has 1 heterocycles. The van der Waals surface area contributed by atoms with Gasteiger partial charge < -0.3 is 15.6 Å². The van der Waals surface area contributed by atoms with Crippen molar-refractivity contribution in [1.82, 2.24) is 4.90 Å². The van der Waals surface area contributed by atoms with E-state index in [1.54, 1.807) is 0 Å². The summed E-state index contributed by atoms with van der Waals surface area (Å²) in [4.78, 5) is 2.15. The molecule has 1 saturated heterocycles. The third-order valence-corrected chi connectivity index (χ3v) is 6.60. The van der Waals surface area contributed by atoms with Gasteiger partial charge in [-0.25, -0.2) is 4.90 Å². The number of nitrogens with zero attached hydrogens (tertiary/aromatic N) is 1. The van der Waals surface area contributed by atoms with E-state index in [1.807, 2.05) is 30.3 Å². The van der Waals surface area contributed by atoms with Crippen LogP contribution in [0.3, 0.4) is 0 Å². The highest BCUT2D eigenvalue weighted by molar-refractivity contribution is 6.30. The van der Waals surface area contributed by atoms with Crippen molar-refractivity contribution >= 4 is 11.6 Å². The Hall–Kier alpha value is -1.43. The molecule has 4 rings (SSSR count). The van der Waals surface area contributed by atoms with Crippen molar-refractivity contribution in [3.05, 3.63) is 70.7 Å². The zero-order chi connectivity index (χ0) is 18.9. The van der Waals surface area contributed by atoms with Crippen LogP contribution in [0.15, 0.2) is 54.6 Å². The van der Waals surface area contributed by atoms with Gasteiger partial charge in [-0.05, 0) is 48.9 Å². The third-order valence-electron chi connectivity index (χ3n) is 6.36. The summed E-state index contributed by atoms with van der Waals surface area (Å²) in [6, 6.07) is 18.8. The zero-order valence-electron chi connectivity index (χ0n) is 15.4. The van der Waals surface area contributed by atoms with E-state index in [4.69, 9.17) is 22.1 Å². The molecule has 27 heavy (non-hydrogen) atoms. The Labute approximate surface area is 165 Å². The maximum absolute atomic E-state index is 10.5. The highest BCUT2D eigenvalue weighted by Gasteiger charge is 2.43. The molecule has 2 aromatic carbocycles. The largest absolute Gasteiger partial charge is 0.356 e. The van der Waals surface area contributed by atoms with Gasteiger partial charge in [0, 0.05) is 23.0 Å². The number of halogens is 1. The van der Waals surface area contributed by atoms with E-state index < -0.39 is 6.41 Å². The summed E-state index contributed by atoms with van der Waals surface area (Å²) >= 11 is 6.22. The predicted molar refractivity (Wildman–Crippen MR) is 107 cm³/mol. The van der Waals surface area contributed by atoms with Crippen LogP contribution in [-0.2, 0) is 10.2 Å². The molecule has 5 heteroatoms. The first kappa shape index (κ1) is 18.9. The summed E-state index contributed by atoms with van der Waals surface area (Å²) in [6.07, 6.45) is 3.09. The number of benzene rings is 2. The summed E-state index contributed by atoms with van der Waals surface area (Å²) < 4.78 is 5.60. The normalized spacial score (nSPS) is 31.9. The van der Waals surface area contributed by atoms with Crippen LogP contribution in [0.25, 0.3) is 0 Å². The van der Waals surface area contributed by atoms with Gasteiger partial charge >= 0.3 is 0 Å². The molecule has 3 N–H and O–H groups in total. The second-order valence-corrected chi connectivity index (χ2v) is 8.20. The molecule has 0 radical (unpaired) electrons. The predicted octanol–water partition coefficient (Wildman–Crippen LogP) is 3.83. The van der Waals surface area contributed by atoms with Gasteiger partial charge in [0.25, 0.3) is 0 Å². The van der Waals surface area contributed by atoms with Crippen molar-refractivity contribution in [2.75, 3.05) is 13.2 Å². The maximum atomic E-state index is 10.5. The molecule has 2 aliphatic rings. The van der Waals surface area contributed by atoms with Crippen molar-refractivity contribution in [3.63, 3.8) is 0 Å². The molecule has 2 atom stereocenters. The average Bonchev–Trinajstić information content (AvgIpc) is 3.10. The lowest BCUT2D eigenvalue weighted by molar-refractivity contribution is -0.154. The minimum Gasteiger partial charge on any atom is -0.356 e. The van der Waals surface area contributed by atoms with E-state index in [2.05, 4.69) is 29.2 Å². The number of hydrogen-bond acceptors (Lipinski definition) is 4. The van der Waals surface area contributed by atoms with Crippen LogP contribution in [0.1, 0.15) is 42.9 Å². The van der Waals surface area contributed by atoms with Crippen molar-refractivity contribution in [2.45, 2.75) is 49.6 Å². The summed E-state index contributed by atoms with van der Waals surface area (Å²) in [5.74, 6) is 0. The molecule has 4 nitrogen and oxygen atoms in total. The first-order valence-corrected chi connectivity index (χ1v) is 10.1. The Kier molecular flexibility index (Phi) is 5.53. The summed E-state index contributed by atoms with van der Waals surface area (Å²) in [5.41, 5.74) is 8.63. The second kappa shape index (κ2) is 7.90. The van der Waals surface area contributed by atoms with Gasteiger partial charge in [0.05, 0.1) is 12.6 Å². The van der Waals surface area contributed by atoms with Crippen molar-refractivity contribution in [3.8, 4) is 0 Å². The standard InChI is InChI=1S/C22H27ClN2O2/c23-18-8-4-7-17(13-18)22(15-24)11-9-19(10-12-22)25-20(14-27-21(25)26)16-5-2-1-3-6-16/h1-8,13,19-21,26H,9-12,14-15,24H2/t19?,20-,21?,22?/m0/s1. The number of aliphatic hydroxyl groups excluding tert-OH is 1. The first-order chi connectivity index (χ1) is 13.1. The van der Waals surface area contributed by atoms with E-state index in [9.17, 15) is 5.11 Å². The maximum Gasteiger partial charge on any atom is 0.217 e. The van der Waals surface area contributed by atoms with Gasteiger partial charge in [-0.15, -0.1) is 0 Å². The van der Waals surface area contributed by atoms with Crippen LogP contribution in [0.5, 0.6) is 0 Å². The fourth-order valence-electron chi connectivity index (χ4n) is 4.76. The van der Waals surface area contributed by atoms with E-state index in [0.29, 0.717) is 13.2 Å². The quantitative estimate of drug-likeness (QED) is 0.838. The molecule has 2 fully saturated rings. The van der Waals surface area contributed by atoms with Gasteiger partial charge in [0.1, 0.15) is 0 Å². The summed E-state index contributed by atoms with van der Waals surface area (Å²) in [7, 11) is 0. The van der Waals surface area contributed by atoms with Crippen molar-refractivity contribution < 1.29 is 9.84 Å². The third kappa shape index (κ3) is 3.65.